The summed E-state index contributed by atoms with van der Waals surface area (Å²) in [5, 5.41) is 10.4. The summed E-state index contributed by atoms with van der Waals surface area (Å²) in [5.74, 6) is -1.46. The third-order valence-corrected chi connectivity index (χ3v) is 5.16. The molecule has 0 aromatic carbocycles. The van der Waals surface area contributed by atoms with Crippen molar-refractivity contribution in [2.45, 2.75) is 19.2 Å². The highest BCUT2D eigenvalue weighted by atomic mass is 19.4. The SMILES string of the molecule is Cc1cccc(C(=O)N2C[C@@H]3[C@@H](CNc4ncccn4)CO[C@@H]3C2)n1.O=C(O)C(F)(F)F. The summed E-state index contributed by atoms with van der Waals surface area (Å²) in [4.78, 5) is 36.2. The third kappa shape index (κ3) is 5.90. The maximum atomic E-state index is 12.7. The number of pyridine rings is 1. The molecule has 2 aliphatic heterocycles. The molecule has 0 aliphatic carbocycles. The molecule has 0 saturated carbocycles. The van der Waals surface area contributed by atoms with Gasteiger partial charge in [0.2, 0.25) is 5.95 Å². The number of rotatable bonds is 4. The Morgan fingerprint density at radius 1 is 1.22 bits per heavy atom. The van der Waals surface area contributed by atoms with Gasteiger partial charge in [-0.05, 0) is 25.1 Å². The van der Waals surface area contributed by atoms with Gasteiger partial charge in [0, 0.05) is 49.6 Å². The number of hydrogen-bond donors (Lipinski definition) is 2. The van der Waals surface area contributed by atoms with Crippen molar-refractivity contribution in [3.8, 4) is 0 Å². The highest BCUT2D eigenvalue weighted by Gasteiger charge is 2.45. The summed E-state index contributed by atoms with van der Waals surface area (Å²) in [6.45, 7) is 4.69. The number of likely N-dealkylation sites (tertiary alicyclic amines) is 1. The van der Waals surface area contributed by atoms with Crippen LogP contribution in [0.3, 0.4) is 0 Å². The lowest BCUT2D eigenvalue weighted by atomic mass is 9.93. The largest absolute Gasteiger partial charge is 0.490 e. The van der Waals surface area contributed by atoms with Crippen molar-refractivity contribution in [3.63, 3.8) is 0 Å². The first-order valence-corrected chi connectivity index (χ1v) is 9.80. The second kappa shape index (κ2) is 9.90. The number of anilines is 1. The molecule has 4 rings (SSSR count). The van der Waals surface area contributed by atoms with Gasteiger partial charge < -0.3 is 20.1 Å². The Kier molecular flexibility index (Phi) is 7.23. The molecule has 9 nitrogen and oxygen atoms in total. The van der Waals surface area contributed by atoms with Gasteiger partial charge >= 0.3 is 12.1 Å². The first-order valence-electron chi connectivity index (χ1n) is 9.80. The number of aromatic nitrogens is 3. The Labute approximate surface area is 181 Å². The number of aryl methyl sites for hydroxylation is 1. The summed E-state index contributed by atoms with van der Waals surface area (Å²) >= 11 is 0. The number of amides is 1. The summed E-state index contributed by atoms with van der Waals surface area (Å²) in [6.07, 6.45) is -1.54. The monoisotopic (exact) mass is 453 g/mol. The van der Waals surface area contributed by atoms with E-state index in [1.807, 2.05) is 24.0 Å². The van der Waals surface area contributed by atoms with Crippen LogP contribution in [-0.4, -0.2) is 75.4 Å². The lowest BCUT2D eigenvalue weighted by Crippen LogP contribution is -2.32. The van der Waals surface area contributed by atoms with Crippen LogP contribution in [0.25, 0.3) is 0 Å². The van der Waals surface area contributed by atoms with E-state index in [2.05, 4.69) is 20.3 Å². The summed E-state index contributed by atoms with van der Waals surface area (Å²) in [5.41, 5.74) is 1.36. The lowest BCUT2D eigenvalue weighted by molar-refractivity contribution is -0.192. The van der Waals surface area contributed by atoms with E-state index >= 15 is 0 Å². The molecule has 2 aliphatic rings. The second-order valence-corrected chi connectivity index (χ2v) is 7.43. The number of nitrogens with one attached hydrogen (secondary N) is 1. The molecule has 1 amide bonds. The van der Waals surface area contributed by atoms with Crippen LogP contribution >= 0.6 is 0 Å². The van der Waals surface area contributed by atoms with Crippen molar-refractivity contribution in [1.82, 2.24) is 19.9 Å². The van der Waals surface area contributed by atoms with Crippen LogP contribution in [0.5, 0.6) is 0 Å². The number of ether oxygens (including phenoxy) is 1. The number of carboxylic acid groups (broad SMARTS) is 1. The lowest BCUT2D eigenvalue weighted by Gasteiger charge is -2.20. The van der Waals surface area contributed by atoms with Gasteiger partial charge in [-0.1, -0.05) is 6.07 Å². The highest BCUT2D eigenvalue weighted by molar-refractivity contribution is 5.92. The fraction of sp³-hybridized carbons (Fsp3) is 0.450. The Morgan fingerprint density at radius 3 is 2.53 bits per heavy atom. The van der Waals surface area contributed by atoms with Crippen molar-refractivity contribution < 1.29 is 32.6 Å². The van der Waals surface area contributed by atoms with Crippen LogP contribution in [-0.2, 0) is 9.53 Å². The topological polar surface area (TPSA) is 118 Å². The number of fused-ring (bicyclic) bond motifs is 1. The molecule has 0 radical (unpaired) electrons. The van der Waals surface area contributed by atoms with Gasteiger partial charge in [-0.2, -0.15) is 13.2 Å². The normalized spacial score (nSPS) is 22.0. The zero-order valence-corrected chi connectivity index (χ0v) is 17.1. The first-order chi connectivity index (χ1) is 15.1. The zero-order chi connectivity index (χ0) is 23.3. The van der Waals surface area contributed by atoms with Crippen LogP contribution in [0, 0.1) is 18.8 Å². The van der Waals surface area contributed by atoms with E-state index in [1.54, 1.807) is 24.5 Å². The molecule has 172 valence electrons. The summed E-state index contributed by atoms with van der Waals surface area (Å²) in [7, 11) is 0. The van der Waals surface area contributed by atoms with E-state index in [9.17, 15) is 18.0 Å². The van der Waals surface area contributed by atoms with Crippen LogP contribution in [0.2, 0.25) is 0 Å². The van der Waals surface area contributed by atoms with Gasteiger partial charge in [0.1, 0.15) is 5.69 Å². The van der Waals surface area contributed by atoms with Crippen molar-refractivity contribution in [3.05, 3.63) is 48.0 Å². The zero-order valence-electron chi connectivity index (χ0n) is 17.1. The molecule has 2 N–H and O–H groups in total. The molecule has 0 unspecified atom stereocenters. The minimum Gasteiger partial charge on any atom is -0.475 e. The van der Waals surface area contributed by atoms with Gasteiger partial charge in [-0.3, -0.25) is 4.79 Å². The molecule has 0 bridgehead atoms. The van der Waals surface area contributed by atoms with E-state index in [4.69, 9.17) is 14.6 Å². The number of hydrogen-bond acceptors (Lipinski definition) is 7. The first kappa shape index (κ1) is 23.4. The minimum absolute atomic E-state index is 0.0141. The second-order valence-electron chi connectivity index (χ2n) is 7.43. The van der Waals surface area contributed by atoms with E-state index < -0.39 is 12.1 Å². The molecule has 3 atom stereocenters. The number of carbonyl (C=O) groups excluding carboxylic acids is 1. The molecule has 32 heavy (non-hydrogen) atoms. The van der Waals surface area contributed by atoms with Crippen LogP contribution < -0.4 is 5.32 Å². The summed E-state index contributed by atoms with van der Waals surface area (Å²) in [6, 6.07) is 7.33. The van der Waals surface area contributed by atoms with Crippen molar-refractivity contribution in [2.24, 2.45) is 11.8 Å². The number of halogens is 3. The Bertz CT molecular complexity index is 944. The van der Waals surface area contributed by atoms with E-state index in [0.29, 0.717) is 43.2 Å². The van der Waals surface area contributed by atoms with Gasteiger partial charge in [0.15, 0.2) is 0 Å². The van der Waals surface area contributed by atoms with Gasteiger partial charge in [0.25, 0.3) is 5.91 Å². The Hall–Kier alpha value is -3.28. The molecule has 12 heteroatoms. The third-order valence-electron chi connectivity index (χ3n) is 5.16. The van der Waals surface area contributed by atoms with Crippen molar-refractivity contribution >= 4 is 17.8 Å². The van der Waals surface area contributed by atoms with Crippen LogP contribution in [0.15, 0.2) is 36.7 Å². The molecular weight excluding hydrogens is 431 g/mol. The number of carbonyl (C=O) groups is 2. The average Bonchev–Trinajstić information content (AvgIpc) is 3.33. The number of carboxylic acids is 1. The number of nitrogens with zero attached hydrogens (tertiary/aromatic N) is 4. The van der Waals surface area contributed by atoms with Crippen molar-refractivity contribution in [2.75, 3.05) is 31.6 Å². The van der Waals surface area contributed by atoms with Gasteiger partial charge in [0.05, 0.1) is 12.7 Å². The highest BCUT2D eigenvalue weighted by Crippen LogP contribution is 2.34. The maximum Gasteiger partial charge on any atom is 0.490 e. The number of aliphatic carboxylic acids is 1. The van der Waals surface area contributed by atoms with Crippen molar-refractivity contribution in [1.29, 1.82) is 0 Å². The standard InChI is InChI=1S/C18H21N5O2.C2HF3O2/c1-12-4-2-5-15(22-12)17(24)23-9-14-13(11-25-16(14)10-23)8-21-18-19-6-3-7-20-18;3-2(4,5)1(6)7/h2-7,13-14,16H,8-11H2,1H3,(H,19,20,21);(H,6,7)/t13-,14+,16+;/m0./s1. The predicted octanol–water partition coefficient (Wildman–Crippen LogP) is 2.01. The molecule has 0 spiro atoms. The molecule has 2 aromatic rings. The maximum absolute atomic E-state index is 12.7. The quantitative estimate of drug-likeness (QED) is 0.722. The van der Waals surface area contributed by atoms with E-state index in [1.165, 1.54) is 0 Å². The molecule has 2 aromatic heterocycles. The average molecular weight is 453 g/mol. The minimum atomic E-state index is -5.08. The van der Waals surface area contributed by atoms with Gasteiger partial charge in [-0.15, -0.1) is 0 Å². The molecule has 2 saturated heterocycles. The van der Waals surface area contributed by atoms with Crippen LogP contribution in [0.4, 0.5) is 19.1 Å². The molecule has 2 fully saturated rings. The summed E-state index contributed by atoms with van der Waals surface area (Å²) < 4.78 is 37.7. The fourth-order valence-corrected chi connectivity index (χ4v) is 3.61. The predicted molar refractivity (Wildman–Crippen MR) is 106 cm³/mol. The molecule has 4 heterocycles. The smallest absolute Gasteiger partial charge is 0.475 e. The van der Waals surface area contributed by atoms with Crippen LogP contribution in [0.1, 0.15) is 16.2 Å². The number of alkyl halides is 3. The Morgan fingerprint density at radius 2 is 1.91 bits per heavy atom. The van der Waals surface area contributed by atoms with Gasteiger partial charge in [-0.25, -0.2) is 19.7 Å². The van der Waals surface area contributed by atoms with E-state index in [0.717, 1.165) is 12.2 Å². The Balaban J connectivity index is 0.000000360. The fourth-order valence-electron chi connectivity index (χ4n) is 3.61. The molecular formula is C20H22F3N5O4. The van der Waals surface area contributed by atoms with E-state index in [-0.39, 0.29) is 12.0 Å².